The van der Waals surface area contributed by atoms with Crippen molar-refractivity contribution in [2.75, 3.05) is 23.7 Å². The molecule has 2 N–H and O–H groups in total. The molecule has 2 aliphatic rings. The fourth-order valence-electron chi connectivity index (χ4n) is 5.75. The second-order valence-electron chi connectivity index (χ2n) is 11.0. The molecule has 7 nitrogen and oxygen atoms in total. The maximum absolute atomic E-state index is 14.6. The number of nitrogen functional groups attached to an aromatic ring is 1. The highest BCUT2D eigenvalue weighted by Crippen LogP contribution is 2.43. The van der Waals surface area contributed by atoms with Crippen LogP contribution in [0.5, 0.6) is 0 Å². The van der Waals surface area contributed by atoms with Gasteiger partial charge < -0.3 is 15.4 Å². The van der Waals surface area contributed by atoms with Crippen LogP contribution in [0.3, 0.4) is 0 Å². The highest BCUT2D eigenvalue weighted by molar-refractivity contribution is 7.29. The Morgan fingerprint density at radius 2 is 1.88 bits per heavy atom. The van der Waals surface area contributed by atoms with Gasteiger partial charge in [-0.1, -0.05) is 59.3 Å². The minimum Gasteiger partial charge on any atom is -0.389 e. The van der Waals surface area contributed by atoms with Crippen LogP contribution in [0.15, 0.2) is 12.4 Å². The predicted molar refractivity (Wildman–Crippen MR) is 170 cm³/mol. The molecule has 2 aliphatic heterocycles. The summed E-state index contributed by atoms with van der Waals surface area (Å²) in [5, 5.41) is 12.3. The zero-order valence-electron chi connectivity index (χ0n) is 24.1. The number of nitrogens with zero attached hydrogens (tertiary/aromatic N) is 5. The topological polar surface area (TPSA) is 101 Å². The number of hydrogen-bond acceptors (Lipinski definition) is 8. The standard InChI is InChI=1S/C23H20FN6OPS.C8H18/c1-10-2-3-30(7-10)23-28-5-12-13-8-31-9-14(13)16(20(32)18(12)29-23)19-17-11(4-25)22(26)33-21(17)15(24)6-27-19;1-3-5-7-8-6-4-2/h5-6,10H,2-3,7-9,26,32H2,1H3;3-8H2,1-2H3. The average molecular weight is 593 g/mol. The summed E-state index contributed by atoms with van der Waals surface area (Å²) in [7, 11) is 2.79. The van der Waals surface area contributed by atoms with Crippen LogP contribution in [0.2, 0.25) is 0 Å². The Morgan fingerprint density at radius 3 is 2.54 bits per heavy atom. The van der Waals surface area contributed by atoms with Crippen LogP contribution in [0.1, 0.15) is 82.4 Å². The van der Waals surface area contributed by atoms with Gasteiger partial charge in [-0.15, -0.1) is 20.6 Å². The maximum atomic E-state index is 14.6. The number of benzene rings is 1. The van der Waals surface area contributed by atoms with Gasteiger partial charge in [0.05, 0.1) is 40.9 Å². The molecule has 4 aromatic rings. The lowest BCUT2D eigenvalue weighted by molar-refractivity contribution is 0.135. The van der Waals surface area contributed by atoms with Crippen molar-refractivity contribution >= 4 is 57.8 Å². The van der Waals surface area contributed by atoms with Gasteiger partial charge in [-0.2, -0.15) is 5.26 Å². The number of unbranched alkanes of at least 4 members (excludes halogenated alkanes) is 5. The highest BCUT2D eigenvalue weighted by atomic mass is 32.1. The number of rotatable bonds is 7. The van der Waals surface area contributed by atoms with Gasteiger partial charge in [-0.05, 0) is 23.5 Å². The molecule has 216 valence electrons. The summed E-state index contributed by atoms with van der Waals surface area (Å²) < 4.78 is 20.8. The van der Waals surface area contributed by atoms with Gasteiger partial charge in [0.25, 0.3) is 0 Å². The molecule has 0 saturated carbocycles. The molecule has 41 heavy (non-hydrogen) atoms. The van der Waals surface area contributed by atoms with Crippen LogP contribution in [-0.4, -0.2) is 28.0 Å². The molecular formula is C31H38FN6OPS. The first kappa shape index (κ1) is 29.6. The molecule has 0 radical (unpaired) electrons. The van der Waals surface area contributed by atoms with Crippen LogP contribution in [0.4, 0.5) is 15.3 Å². The number of ether oxygens (including phenoxy) is 1. The highest BCUT2D eigenvalue weighted by Gasteiger charge is 2.29. The van der Waals surface area contributed by atoms with Gasteiger partial charge in [0, 0.05) is 40.9 Å². The monoisotopic (exact) mass is 592 g/mol. The van der Waals surface area contributed by atoms with Gasteiger partial charge in [0.2, 0.25) is 5.95 Å². The van der Waals surface area contributed by atoms with E-state index < -0.39 is 5.82 Å². The molecule has 2 unspecified atom stereocenters. The van der Waals surface area contributed by atoms with Gasteiger partial charge in [-0.3, -0.25) is 4.98 Å². The Balaban J connectivity index is 0.000000372. The quantitative estimate of drug-likeness (QED) is 0.178. The van der Waals surface area contributed by atoms with Crippen LogP contribution in [0, 0.1) is 23.1 Å². The molecule has 1 fully saturated rings. The number of fused-ring (bicyclic) bond motifs is 4. The first-order chi connectivity index (χ1) is 19.9. The van der Waals surface area contributed by atoms with Crippen molar-refractivity contribution in [2.45, 2.75) is 78.9 Å². The Morgan fingerprint density at radius 1 is 1.15 bits per heavy atom. The lowest BCUT2D eigenvalue weighted by Crippen LogP contribution is -2.22. The van der Waals surface area contributed by atoms with E-state index in [1.807, 2.05) is 6.20 Å². The Bertz CT molecular complexity index is 1610. The van der Waals surface area contributed by atoms with Crippen molar-refractivity contribution in [3.8, 4) is 17.3 Å². The molecule has 10 heteroatoms. The molecule has 1 aromatic carbocycles. The van der Waals surface area contributed by atoms with Crippen LogP contribution >= 0.6 is 20.6 Å². The van der Waals surface area contributed by atoms with E-state index in [0.29, 0.717) is 40.9 Å². The summed E-state index contributed by atoms with van der Waals surface area (Å²) in [6, 6.07) is 2.14. The van der Waals surface area contributed by atoms with Crippen molar-refractivity contribution in [2.24, 2.45) is 5.92 Å². The number of halogens is 1. The van der Waals surface area contributed by atoms with Gasteiger partial charge >= 0.3 is 0 Å². The lowest BCUT2D eigenvalue weighted by Gasteiger charge is -2.19. The number of aromatic nitrogens is 3. The zero-order valence-corrected chi connectivity index (χ0v) is 26.1. The summed E-state index contributed by atoms with van der Waals surface area (Å²) in [6.07, 6.45) is 12.7. The van der Waals surface area contributed by atoms with Crippen LogP contribution in [0.25, 0.3) is 32.2 Å². The van der Waals surface area contributed by atoms with E-state index in [1.54, 1.807) is 0 Å². The Kier molecular flexibility index (Phi) is 9.33. The van der Waals surface area contributed by atoms with E-state index in [9.17, 15) is 9.65 Å². The fourth-order valence-corrected chi connectivity index (χ4v) is 7.20. The second-order valence-corrected chi connectivity index (χ2v) is 12.7. The van der Waals surface area contributed by atoms with Gasteiger partial charge in [0.1, 0.15) is 11.1 Å². The van der Waals surface area contributed by atoms with Gasteiger partial charge in [-0.25, -0.2) is 14.4 Å². The molecule has 0 spiro atoms. The summed E-state index contributed by atoms with van der Waals surface area (Å²) in [6.45, 7) is 9.44. The summed E-state index contributed by atoms with van der Waals surface area (Å²) in [5.41, 5.74) is 10.4. The summed E-state index contributed by atoms with van der Waals surface area (Å²) in [5.74, 6) is 0.822. The number of nitrogens with two attached hydrogens (primary N) is 1. The third-order valence-corrected chi connectivity index (χ3v) is 9.58. The van der Waals surface area contributed by atoms with E-state index in [0.717, 1.165) is 63.7 Å². The number of thiophene rings is 1. The second kappa shape index (κ2) is 12.9. The van der Waals surface area contributed by atoms with E-state index in [-0.39, 0.29) is 10.6 Å². The third-order valence-electron chi connectivity index (χ3n) is 7.99. The normalized spacial score (nSPS) is 16.2. The minimum atomic E-state index is -0.487. The molecule has 2 atom stereocenters. The van der Waals surface area contributed by atoms with Crippen LogP contribution < -0.4 is 15.9 Å². The van der Waals surface area contributed by atoms with E-state index in [2.05, 4.69) is 50.9 Å². The molecule has 0 bridgehead atoms. The molecule has 5 heterocycles. The van der Waals surface area contributed by atoms with Crippen molar-refractivity contribution < 1.29 is 9.13 Å². The molecule has 6 rings (SSSR count). The van der Waals surface area contributed by atoms with Gasteiger partial charge in [0.15, 0.2) is 5.82 Å². The van der Waals surface area contributed by atoms with Crippen molar-refractivity contribution in [1.29, 1.82) is 5.26 Å². The van der Waals surface area contributed by atoms with Crippen molar-refractivity contribution in [3.63, 3.8) is 0 Å². The maximum Gasteiger partial charge on any atom is 0.225 e. The largest absolute Gasteiger partial charge is 0.389 e. The van der Waals surface area contributed by atoms with E-state index >= 15 is 0 Å². The molecule has 0 amide bonds. The molecule has 3 aromatic heterocycles. The van der Waals surface area contributed by atoms with Crippen molar-refractivity contribution in [3.05, 3.63) is 34.9 Å². The zero-order chi connectivity index (χ0) is 29.1. The lowest BCUT2D eigenvalue weighted by atomic mass is 9.94. The predicted octanol–water partition coefficient (Wildman–Crippen LogP) is 7.24. The Hall–Kier alpha value is -2.92. The molecule has 1 saturated heterocycles. The fraction of sp³-hybridized carbons (Fsp3) is 0.484. The third kappa shape index (κ3) is 5.75. The molecule has 0 aliphatic carbocycles. The SMILES string of the molecule is CC1CCN(c2ncc3c4c(c(-c5ncc(F)c6sc(N)c(C#N)c56)c(P)c3n2)COC4)C1.CCCCCCCC. The number of anilines is 2. The van der Waals surface area contributed by atoms with Crippen LogP contribution in [-0.2, 0) is 18.0 Å². The molecular weight excluding hydrogens is 554 g/mol. The number of pyridine rings is 1. The van der Waals surface area contributed by atoms with Crippen molar-refractivity contribution in [1.82, 2.24) is 15.0 Å². The average Bonchev–Trinajstić information content (AvgIpc) is 3.71. The number of nitriles is 1. The summed E-state index contributed by atoms with van der Waals surface area (Å²) >= 11 is 1.07. The Labute approximate surface area is 247 Å². The summed E-state index contributed by atoms with van der Waals surface area (Å²) in [4.78, 5) is 16.3. The van der Waals surface area contributed by atoms with E-state index in [4.69, 9.17) is 15.5 Å². The minimum absolute atomic E-state index is 0.253. The first-order valence-electron chi connectivity index (χ1n) is 14.6. The first-order valence-corrected chi connectivity index (χ1v) is 16.0. The van der Waals surface area contributed by atoms with E-state index in [1.165, 1.54) is 44.7 Å². The smallest absolute Gasteiger partial charge is 0.225 e. The number of hydrogen-bond donors (Lipinski definition) is 1.